The van der Waals surface area contributed by atoms with Gasteiger partial charge in [-0.1, -0.05) is 63.1 Å². The molecule has 8 heteroatoms. The molecular weight excluding hydrogens is 442 g/mol. The number of aliphatic hydroxyl groups is 1. The smallest absolute Gasteiger partial charge is 0.247 e. The van der Waals surface area contributed by atoms with Crippen LogP contribution in [0.2, 0.25) is 5.02 Å². The van der Waals surface area contributed by atoms with E-state index in [4.69, 9.17) is 11.6 Å². The van der Waals surface area contributed by atoms with E-state index in [1.165, 1.54) is 4.90 Å². The van der Waals surface area contributed by atoms with Crippen LogP contribution in [-0.2, 0) is 14.4 Å². The van der Waals surface area contributed by atoms with Crippen LogP contribution in [0.1, 0.15) is 33.6 Å². The molecule has 7 nitrogen and oxygen atoms in total. The molecule has 3 N–H and O–H groups in total. The summed E-state index contributed by atoms with van der Waals surface area (Å²) >= 11 is 6.26. The highest BCUT2D eigenvalue weighted by Crippen LogP contribution is 2.46. The Balaban J connectivity index is 2.08. The highest BCUT2D eigenvalue weighted by Gasteiger charge is 2.58. The lowest BCUT2D eigenvalue weighted by Crippen LogP contribution is -2.52. The number of carbonyl (C=O) groups is 3. The fourth-order valence-electron chi connectivity index (χ4n) is 5.30. The van der Waals surface area contributed by atoms with E-state index in [1.807, 2.05) is 32.9 Å². The number of hydrogen-bond donors (Lipinski definition) is 3. The molecule has 0 radical (unpaired) electrons. The summed E-state index contributed by atoms with van der Waals surface area (Å²) in [6.45, 7) is 5.67. The minimum Gasteiger partial charge on any atom is -0.394 e. The molecule has 0 spiro atoms. The van der Waals surface area contributed by atoms with Gasteiger partial charge in [0.15, 0.2) is 0 Å². The molecule has 0 unspecified atom stereocenters. The average molecular weight is 476 g/mol. The number of anilines is 1. The second-order valence-electron chi connectivity index (χ2n) is 9.00. The molecule has 0 bridgehead atoms. The molecule has 1 saturated heterocycles. The van der Waals surface area contributed by atoms with Crippen LogP contribution < -0.4 is 10.6 Å². The molecule has 2 aliphatic rings. The topological polar surface area (TPSA) is 98.7 Å². The molecule has 0 aromatic heterocycles. The van der Waals surface area contributed by atoms with Gasteiger partial charge in [-0.25, -0.2) is 0 Å². The normalized spacial score (nSPS) is 28.2. The Hall–Kier alpha value is -2.38. The summed E-state index contributed by atoms with van der Waals surface area (Å²) in [5.41, 5.74) is 0.457. The summed E-state index contributed by atoms with van der Waals surface area (Å²) in [5.74, 6) is -2.68. The fourth-order valence-corrected chi connectivity index (χ4v) is 5.48. The Morgan fingerprint density at radius 3 is 2.45 bits per heavy atom. The van der Waals surface area contributed by atoms with Crippen molar-refractivity contribution in [2.45, 2.75) is 45.7 Å². The van der Waals surface area contributed by atoms with Crippen molar-refractivity contribution >= 4 is 35.0 Å². The number of nitrogens with zero attached hydrogens (tertiary/aromatic N) is 1. The molecule has 7 atom stereocenters. The lowest BCUT2D eigenvalue weighted by Gasteiger charge is -2.36. The second-order valence-corrected chi connectivity index (χ2v) is 9.40. The van der Waals surface area contributed by atoms with Gasteiger partial charge in [0.25, 0.3) is 0 Å². The van der Waals surface area contributed by atoms with Gasteiger partial charge in [0.05, 0.1) is 35.2 Å². The lowest BCUT2D eigenvalue weighted by molar-refractivity contribution is -0.143. The van der Waals surface area contributed by atoms with Gasteiger partial charge in [-0.15, -0.1) is 0 Å². The van der Waals surface area contributed by atoms with Gasteiger partial charge in [0.1, 0.15) is 6.04 Å². The van der Waals surface area contributed by atoms with Gasteiger partial charge in [-0.05, 0) is 30.4 Å². The summed E-state index contributed by atoms with van der Waals surface area (Å²) in [4.78, 5) is 41.9. The van der Waals surface area contributed by atoms with Crippen molar-refractivity contribution in [1.29, 1.82) is 0 Å². The molecular formula is C25H34ClN3O4. The Morgan fingerprint density at radius 1 is 1.18 bits per heavy atom. The van der Waals surface area contributed by atoms with Crippen LogP contribution in [0.5, 0.6) is 0 Å². The zero-order valence-corrected chi connectivity index (χ0v) is 20.4. The minimum atomic E-state index is -0.855. The first kappa shape index (κ1) is 25.2. The zero-order valence-electron chi connectivity index (χ0n) is 19.6. The largest absolute Gasteiger partial charge is 0.394 e. The quantitative estimate of drug-likeness (QED) is 0.503. The number of benzene rings is 1. The van der Waals surface area contributed by atoms with Crippen molar-refractivity contribution in [1.82, 2.24) is 10.2 Å². The number of fused-ring (bicyclic) bond motifs is 1. The number of aliphatic hydroxyl groups excluding tert-OH is 1. The SMILES string of the molecule is CC[C@H](C)[C@H](CO)N1C(=O)[C@H]2[C@H](C=C[C@@H](CC)[C@H]2C(=O)NC)[C@H]1C(=O)Nc1ccccc1Cl. The van der Waals surface area contributed by atoms with E-state index in [2.05, 4.69) is 10.6 Å². The number of para-hydroxylation sites is 1. The Bertz CT molecular complexity index is 921. The minimum absolute atomic E-state index is 0.0286. The molecule has 180 valence electrons. The Labute approximate surface area is 200 Å². The third-order valence-corrected chi connectivity index (χ3v) is 7.64. The van der Waals surface area contributed by atoms with Crippen molar-refractivity contribution in [3.8, 4) is 0 Å². The highest BCUT2D eigenvalue weighted by molar-refractivity contribution is 6.33. The first-order chi connectivity index (χ1) is 15.8. The second kappa shape index (κ2) is 10.7. The van der Waals surface area contributed by atoms with Gasteiger partial charge < -0.3 is 20.6 Å². The van der Waals surface area contributed by atoms with Gasteiger partial charge in [0.2, 0.25) is 17.7 Å². The van der Waals surface area contributed by atoms with Crippen molar-refractivity contribution in [2.75, 3.05) is 19.0 Å². The molecule has 1 aliphatic heterocycles. The molecule has 3 amide bonds. The summed E-state index contributed by atoms with van der Waals surface area (Å²) in [7, 11) is 1.57. The maximum Gasteiger partial charge on any atom is 0.247 e. The molecule has 3 rings (SSSR count). The molecule has 0 saturated carbocycles. The number of hydrogen-bond acceptors (Lipinski definition) is 4. The van der Waals surface area contributed by atoms with E-state index < -0.39 is 29.8 Å². The van der Waals surface area contributed by atoms with Crippen LogP contribution in [0.3, 0.4) is 0 Å². The summed E-state index contributed by atoms with van der Waals surface area (Å²) in [6, 6.07) is 5.54. The first-order valence-electron chi connectivity index (χ1n) is 11.7. The predicted octanol–water partition coefficient (Wildman–Crippen LogP) is 3.09. The van der Waals surface area contributed by atoms with E-state index in [-0.39, 0.29) is 36.2 Å². The Morgan fingerprint density at radius 2 is 1.88 bits per heavy atom. The number of allylic oxidation sites excluding steroid dienone is 1. The van der Waals surface area contributed by atoms with Crippen LogP contribution >= 0.6 is 11.6 Å². The highest BCUT2D eigenvalue weighted by atomic mass is 35.5. The third kappa shape index (κ3) is 4.66. The van der Waals surface area contributed by atoms with Crippen molar-refractivity contribution in [3.05, 3.63) is 41.4 Å². The number of carbonyl (C=O) groups excluding carboxylic acids is 3. The number of halogens is 1. The maximum absolute atomic E-state index is 13.9. The zero-order chi connectivity index (χ0) is 24.3. The van der Waals surface area contributed by atoms with Gasteiger partial charge in [-0.2, -0.15) is 0 Å². The lowest BCUT2D eigenvalue weighted by atomic mass is 9.69. The average Bonchev–Trinajstić information content (AvgIpc) is 3.12. The third-order valence-electron chi connectivity index (χ3n) is 7.31. The van der Waals surface area contributed by atoms with E-state index in [9.17, 15) is 19.5 Å². The molecule has 1 aromatic rings. The van der Waals surface area contributed by atoms with Gasteiger partial charge in [0, 0.05) is 13.0 Å². The van der Waals surface area contributed by atoms with Crippen LogP contribution in [0.25, 0.3) is 0 Å². The molecule has 1 fully saturated rings. The Kier molecular flexibility index (Phi) is 8.19. The van der Waals surface area contributed by atoms with Gasteiger partial charge in [-0.3, -0.25) is 14.4 Å². The van der Waals surface area contributed by atoms with Crippen LogP contribution in [0, 0.1) is 29.6 Å². The van der Waals surface area contributed by atoms with E-state index in [0.29, 0.717) is 17.1 Å². The molecule has 33 heavy (non-hydrogen) atoms. The van der Waals surface area contributed by atoms with Crippen molar-refractivity contribution in [2.24, 2.45) is 29.6 Å². The number of rotatable bonds is 8. The molecule has 1 aromatic carbocycles. The van der Waals surface area contributed by atoms with Crippen LogP contribution in [0.15, 0.2) is 36.4 Å². The molecule has 1 aliphatic carbocycles. The number of nitrogens with one attached hydrogen (secondary N) is 2. The molecule has 1 heterocycles. The first-order valence-corrected chi connectivity index (χ1v) is 12.1. The fraction of sp³-hybridized carbons (Fsp3) is 0.560. The van der Waals surface area contributed by atoms with Crippen LogP contribution in [-0.4, -0.2) is 53.5 Å². The monoisotopic (exact) mass is 475 g/mol. The van der Waals surface area contributed by atoms with Gasteiger partial charge >= 0.3 is 0 Å². The van der Waals surface area contributed by atoms with E-state index >= 15 is 0 Å². The number of amides is 3. The van der Waals surface area contributed by atoms with E-state index in [0.717, 1.165) is 6.42 Å². The van der Waals surface area contributed by atoms with Crippen molar-refractivity contribution < 1.29 is 19.5 Å². The summed E-state index contributed by atoms with van der Waals surface area (Å²) in [6.07, 6.45) is 5.31. The van der Waals surface area contributed by atoms with Crippen LogP contribution in [0.4, 0.5) is 5.69 Å². The standard InChI is InChI=1S/C25H34ClN3O4/c1-5-14(3)19(13-30)29-22(24(32)28-18-10-8-7-9-17(18)26)16-12-11-15(6-2)20(23(31)27-4)21(16)25(29)33/h7-12,14-16,19-22,30H,5-6,13H2,1-4H3,(H,27,31)(H,28,32)/t14-,15+,16-,19-,20+,21-,22-/m0/s1. The van der Waals surface area contributed by atoms with Crippen molar-refractivity contribution in [3.63, 3.8) is 0 Å². The number of likely N-dealkylation sites (tertiary alicyclic amines) is 1. The summed E-state index contributed by atoms with van der Waals surface area (Å²) in [5, 5.41) is 16.2. The van der Waals surface area contributed by atoms with E-state index in [1.54, 1.807) is 31.3 Å². The predicted molar refractivity (Wildman–Crippen MR) is 129 cm³/mol. The maximum atomic E-state index is 13.9. The summed E-state index contributed by atoms with van der Waals surface area (Å²) < 4.78 is 0.